The van der Waals surface area contributed by atoms with Crippen LogP contribution in [0.4, 0.5) is 5.69 Å². The van der Waals surface area contributed by atoms with Gasteiger partial charge in [-0.25, -0.2) is 4.98 Å². The molecule has 0 saturated carbocycles. The lowest BCUT2D eigenvalue weighted by Crippen LogP contribution is -2.52. The molecule has 0 bridgehead atoms. The lowest BCUT2D eigenvalue weighted by molar-refractivity contribution is -0.125. The fourth-order valence-corrected chi connectivity index (χ4v) is 12.8. The SMILES string of the molecule is C=C1C[C@H](C[C@@H]2C[C@H](O[Si](C(C)C)(C(C)C)C(C)C)C[C@H](c3coc(C)n3)O2)O[C@@H](CC#CC(=O)Nc2ccccc2)C1. The first kappa shape index (κ1) is 33.2. The molecule has 8 heteroatoms. The number of anilines is 1. The van der Waals surface area contributed by atoms with Gasteiger partial charge in [-0.2, -0.15) is 0 Å². The molecule has 5 atom stereocenters. The number of hydrogen-bond acceptors (Lipinski definition) is 6. The predicted octanol–water partition coefficient (Wildman–Crippen LogP) is 8.29. The number of para-hydroxylation sites is 1. The standard InChI is InChI=1S/C35H50N2O5Si/c1-23(2)43(24(3)4,25(5)6)42-32-20-31(41-34(21-32)33-22-39-27(8)36-33)19-30-18-26(7)17-29(40-30)15-12-16-35(38)37-28-13-10-9-11-14-28/h9-11,13-14,22-25,29-32,34H,7,15,17-21H2,1-6,8H3,(H,37,38)/t29-,30+,31+,32-,34+/m0/s1. The summed E-state index contributed by atoms with van der Waals surface area (Å²) in [7, 11) is -2.09. The third kappa shape index (κ3) is 8.69. The fraction of sp³-hybridized carbons (Fsp3) is 0.600. The van der Waals surface area contributed by atoms with Gasteiger partial charge in [0, 0.05) is 31.9 Å². The molecule has 2 aliphatic heterocycles. The van der Waals surface area contributed by atoms with Gasteiger partial charge in [0.25, 0.3) is 5.91 Å². The molecule has 0 aliphatic carbocycles. The Labute approximate surface area is 259 Å². The highest BCUT2D eigenvalue weighted by atomic mass is 28.4. The molecule has 43 heavy (non-hydrogen) atoms. The topological polar surface area (TPSA) is 82.8 Å². The molecule has 2 saturated heterocycles. The number of nitrogens with one attached hydrogen (secondary N) is 1. The van der Waals surface area contributed by atoms with E-state index in [1.807, 2.05) is 37.3 Å². The van der Waals surface area contributed by atoms with Crippen molar-refractivity contribution >= 4 is 19.9 Å². The van der Waals surface area contributed by atoms with Crippen molar-refractivity contribution in [2.45, 2.75) is 134 Å². The number of benzene rings is 1. The molecule has 2 aliphatic rings. The Morgan fingerprint density at radius 2 is 1.70 bits per heavy atom. The normalized spacial score (nSPS) is 24.7. The van der Waals surface area contributed by atoms with E-state index in [4.69, 9.17) is 18.3 Å². The molecule has 1 aromatic heterocycles. The molecule has 2 fully saturated rings. The maximum Gasteiger partial charge on any atom is 0.300 e. The van der Waals surface area contributed by atoms with Crippen molar-refractivity contribution in [3.8, 4) is 11.8 Å². The van der Waals surface area contributed by atoms with Crippen LogP contribution < -0.4 is 5.32 Å². The zero-order valence-corrected chi connectivity index (χ0v) is 28.0. The number of aryl methyl sites for hydroxylation is 1. The number of hydrogen-bond donors (Lipinski definition) is 1. The first-order chi connectivity index (χ1) is 20.5. The highest BCUT2D eigenvalue weighted by Gasteiger charge is 2.48. The van der Waals surface area contributed by atoms with Gasteiger partial charge in [0.05, 0.1) is 24.4 Å². The summed E-state index contributed by atoms with van der Waals surface area (Å²) in [6.45, 7) is 20.2. The zero-order chi connectivity index (χ0) is 31.1. The number of carbonyl (C=O) groups excluding carboxylic acids is 1. The summed E-state index contributed by atoms with van der Waals surface area (Å²) in [6.07, 6.45) is 5.79. The van der Waals surface area contributed by atoms with Crippen molar-refractivity contribution in [3.05, 3.63) is 60.3 Å². The highest BCUT2D eigenvalue weighted by Crippen LogP contribution is 2.46. The molecule has 2 aromatic rings. The lowest BCUT2D eigenvalue weighted by Gasteiger charge is -2.47. The fourth-order valence-electron chi connectivity index (χ4n) is 7.21. The Morgan fingerprint density at radius 3 is 2.33 bits per heavy atom. The Bertz CT molecular complexity index is 1260. The molecule has 1 aromatic carbocycles. The van der Waals surface area contributed by atoms with E-state index in [1.54, 1.807) is 6.26 Å². The Hall–Kier alpha value is -2.70. The second kappa shape index (κ2) is 14.9. The van der Waals surface area contributed by atoms with Gasteiger partial charge in [-0.1, -0.05) is 77.8 Å². The second-order valence-corrected chi connectivity index (χ2v) is 18.6. The van der Waals surface area contributed by atoms with Crippen LogP contribution in [-0.4, -0.2) is 43.6 Å². The van der Waals surface area contributed by atoms with Crippen molar-refractivity contribution in [2.75, 3.05) is 5.32 Å². The van der Waals surface area contributed by atoms with Gasteiger partial charge in [-0.05, 0) is 53.9 Å². The average molecular weight is 607 g/mol. The van der Waals surface area contributed by atoms with Crippen LogP contribution in [0.1, 0.15) is 97.8 Å². The van der Waals surface area contributed by atoms with Crippen LogP contribution in [0, 0.1) is 18.8 Å². The molecule has 0 unspecified atom stereocenters. The Balaban J connectivity index is 1.43. The Morgan fingerprint density at radius 1 is 1.02 bits per heavy atom. The van der Waals surface area contributed by atoms with Crippen molar-refractivity contribution in [1.82, 2.24) is 4.98 Å². The zero-order valence-electron chi connectivity index (χ0n) is 27.0. The van der Waals surface area contributed by atoms with E-state index in [9.17, 15) is 4.79 Å². The van der Waals surface area contributed by atoms with Crippen molar-refractivity contribution in [1.29, 1.82) is 0 Å². The van der Waals surface area contributed by atoms with E-state index >= 15 is 0 Å². The summed E-state index contributed by atoms with van der Waals surface area (Å²) in [4.78, 5) is 16.9. The van der Waals surface area contributed by atoms with Gasteiger partial charge in [-0.3, -0.25) is 4.79 Å². The minimum Gasteiger partial charge on any atom is -0.449 e. The van der Waals surface area contributed by atoms with Crippen LogP contribution in [0.3, 0.4) is 0 Å². The molecule has 234 valence electrons. The summed E-state index contributed by atoms with van der Waals surface area (Å²) in [5.41, 5.74) is 4.22. The largest absolute Gasteiger partial charge is 0.449 e. The average Bonchev–Trinajstić information content (AvgIpc) is 3.37. The minimum atomic E-state index is -2.09. The van der Waals surface area contributed by atoms with Crippen LogP contribution in [0.2, 0.25) is 16.6 Å². The molecule has 0 spiro atoms. The number of ether oxygens (including phenoxy) is 2. The highest BCUT2D eigenvalue weighted by molar-refractivity contribution is 6.77. The number of carbonyl (C=O) groups is 1. The summed E-state index contributed by atoms with van der Waals surface area (Å²) in [5, 5.41) is 2.80. The van der Waals surface area contributed by atoms with Crippen LogP contribution >= 0.6 is 0 Å². The van der Waals surface area contributed by atoms with Crippen molar-refractivity contribution in [3.63, 3.8) is 0 Å². The molecule has 0 radical (unpaired) electrons. The number of oxazole rings is 1. The summed E-state index contributed by atoms with van der Waals surface area (Å²) >= 11 is 0. The maximum absolute atomic E-state index is 12.3. The number of rotatable bonds is 10. The van der Waals surface area contributed by atoms with E-state index in [1.165, 1.54) is 0 Å². The third-order valence-electron chi connectivity index (χ3n) is 8.91. The Kier molecular flexibility index (Phi) is 11.5. The molecule has 1 amide bonds. The number of aromatic nitrogens is 1. The van der Waals surface area contributed by atoms with Gasteiger partial charge in [0.1, 0.15) is 18.1 Å². The molecule has 1 N–H and O–H groups in total. The number of amides is 1. The monoisotopic (exact) mass is 606 g/mol. The summed E-state index contributed by atoms with van der Waals surface area (Å²) < 4.78 is 26.0. The van der Waals surface area contributed by atoms with Crippen LogP contribution in [0.15, 0.2) is 53.2 Å². The smallest absolute Gasteiger partial charge is 0.300 e. The van der Waals surface area contributed by atoms with Gasteiger partial charge in [0.2, 0.25) is 8.32 Å². The van der Waals surface area contributed by atoms with Crippen LogP contribution in [0.25, 0.3) is 0 Å². The molecular weight excluding hydrogens is 556 g/mol. The minimum absolute atomic E-state index is 0.0306. The van der Waals surface area contributed by atoms with Gasteiger partial charge >= 0.3 is 0 Å². The molecular formula is C35H50N2O5Si. The van der Waals surface area contributed by atoms with E-state index in [-0.39, 0.29) is 36.4 Å². The van der Waals surface area contributed by atoms with Crippen molar-refractivity contribution < 1.29 is 23.1 Å². The second-order valence-electron chi connectivity index (χ2n) is 13.2. The van der Waals surface area contributed by atoms with Crippen LogP contribution in [0.5, 0.6) is 0 Å². The van der Waals surface area contributed by atoms with E-state index in [0.29, 0.717) is 28.9 Å². The van der Waals surface area contributed by atoms with Crippen molar-refractivity contribution in [2.24, 2.45) is 0 Å². The quantitative estimate of drug-likeness (QED) is 0.166. The molecule has 4 rings (SSSR count). The van der Waals surface area contributed by atoms with Gasteiger partial charge < -0.3 is 23.6 Å². The number of nitrogens with zero attached hydrogens (tertiary/aromatic N) is 1. The van der Waals surface area contributed by atoms with E-state index < -0.39 is 8.32 Å². The summed E-state index contributed by atoms with van der Waals surface area (Å²) in [6, 6.07) is 9.34. The maximum atomic E-state index is 12.3. The van der Waals surface area contributed by atoms with E-state index in [0.717, 1.165) is 49.1 Å². The third-order valence-corrected chi connectivity index (χ3v) is 15.1. The van der Waals surface area contributed by atoms with E-state index in [2.05, 4.69) is 70.3 Å². The lowest BCUT2D eigenvalue weighted by atomic mass is 9.91. The first-order valence-corrected chi connectivity index (χ1v) is 18.0. The molecule has 7 nitrogen and oxygen atoms in total. The molecule has 3 heterocycles. The summed E-state index contributed by atoms with van der Waals surface area (Å²) in [5.74, 6) is 6.05. The van der Waals surface area contributed by atoms with Gasteiger partial charge in [0.15, 0.2) is 5.89 Å². The predicted molar refractivity (Wildman–Crippen MR) is 173 cm³/mol. The van der Waals surface area contributed by atoms with Crippen LogP contribution in [-0.2, 0) is 18.7 Å². The first-order valence-electron chi connectivity index (χ1n) is 15.9. The van der Waals surface area contributed by atoms with Gasteiger partial charge in [-0.15, -0.1) is 0 Å².